The Morgan fingerprint density at radius 2 is 2.14 bits per heavy atom. The van der Waals surface area contributed by atoms with Gasteiger partial charge in [-0.3, -0.25) is 10.1 Å². The molecule has 0 radical (unpaired) electrons. The van der Waals surface area contributed by atoms with Crippen LogP contribution in [-0.4, -0.2) is 27.1 Å². The number of carboxylic acids is 1. The summed E-state index contributed by atoms with van der Waals surface area (Å²) in [7, 11) is 0. The van der Waals surface area contributed by atoms with Crippen molar-refractivity contribution < 1.29 is 19.8 Å². The van der Waals surface area contributed by atoms with Crippen molar-refractivity contribution >= 4 is 44.3 Å². The molecule has 1 amide bonds. The van der Waals surface area contributed by atoms with Crippen molar-refractivity contribution in [2.24, 2.45) is 0 Å². The Balaban J connectivity index is 2.26. The van der Waals surface area contributed by atoms with Gasteiger partial charge in [-0.15, -0.1) is 0 Å². The number of hydrogen-bond acceptors (Lipinski definition) is 5. The maximum atomic E-state index is 12.2. The second kappa shape index (κ2) is 6.33. The summed E-state index contributed by atoms with van der Waals surface area (Å²) in [6, 6.07) is 4.90. The number of aromatic carboxylic acids is 1. The minimum Gasteiger partial charge on any atom is -0.477 e. The Morgan fingerprint density at radius 3 is 2.71 bits per heavy atom. The fraction of sp³-hybridized carbons (Fsp3) is 0.154. The average molecular weight is 371 g/mol. The van der Waals surface area contributed by atoms with Crippen LogP contribution in [0.5, 0.6) is 0 Å². The number of rotatable bonds is 4. The zero-order chi connectivity index (χ0) is 15.6. The first-order chi connectivity index (χ1) is 9.92. The second-order valence-corrected chi connectivity index (χ2v) is 6.07. The van der Waals surface area contributed by atoms with E-state index in [-0.39, 0.29) is 16.6 Å². The zero-order valence-corrected chi connectivity index (χ0v) is 13.3. The first-order valence-corrected chi connectivity index (χ1v) is 7.44. The first kappa shape index (κ1) is 15.6. The van der Waals surface area contributed by atoms with Crippen LogP contribution < -0.4 is 5.32 Å². The van der Waals surface area contributed by atoms with Gasteiger partial charge in [-0.2, -0.15) is 0 Å². The van der Waals surface area contributed by atoms with Gasteiger partial charge in [0.2, 0.25) is 0 Å². The van der Waals surface area contributed by atoms with Crippen molar-refractivity contribution in [1.29, 1.82) is 0 Å². The minimum absolute atomic E-state index is 0.0866. The molecule has 0 fully saturated rings. The third-order valence-electron chi connectivity index (χ3n) is 2.69. The molecule has 0 aliphatic rings. The van der Waals surface area contributed by atoms with Gasteiger partial charge in [0, 0.05) is 10.0 Å². The zero-order valence-electron chi connectivity index (χ0n) is 10.9. The number of thiazole rings is 1. The van der Waals surface area contributed by atoms with Crippen molar-refractivity contribution in [3.8, 4) is 0 Å². The number of hydrogen-bond donors (Lipinski definition) is 3. The number of anilines is 1. The molecule has 0 saturated carbocycles. The Kier molecular flexibility index (Phi) is 4.71. The van der Waals surface area contributed by atoms with Crippen LogP contribution in [0.4, 0.5) is 5.13 Å². The molecule has 0 aliphatic carbocycles. The van der Waals surface area contributed by atoms with Crippen LogP contribution in [0.15, 0.2) is 22.7 Å². The van der Waals surface area contributed by atoms with Gasteiger partial charge >= 0.3 is 5.97 Å². The molecule has 0 saturated heterocycles. The fourth-order valence-corrected chi connectivity index (χ4v) is 2.94. The second-order valence-electron chi connectivity index (χ2n) is 4.15. The summed E-state index contributed by atoms with van der Waals surface area (Å²) < 4.78 is 0.751. The molecular formula is C13H11BrN2O4S. The Hall–Kier alpha value is -1.77. The van der Waals surface area contributed by atoms with E-state index in [1.807, 2.05) is 0 Å². The van der Waals surface area contributed by atoms with E-state index in [1.165, 1.54) is 0 Å². The number of nitrogens with zero attached hydrogens (tertiary/aromatic N) is 1. The summed E-state index contributed by atoms with van der Waals surface area (Å²) in [5, 5.41) is 21.0. The summed E-state index contributed by atoms with van der Waals surface area (Å²) in [6.07, 6.45) is 0. The molecule has 0 bridgehead atoms. The molecule has 2 rings (SSSR count). The molecule has 0 unspecified atom stereocenters. The van der Waals surface area contributed by atoms with Gasteiger partial charge in [-0.05, 0) is 30.7 Å². The van der Waals surface area contributed by atoms with Crippen LogP contribution in [0.1, 0.15) is 31.3 Å². The quantitative estimate of drug-likeness (QED) is 0.767. The number of carbonyl (C=O) groups is 2. The van der Waals surface area contributed by atoms with Gasteiger partial charge < -0.3 is 10.2 Å². The lowest BCUT2D eigenvalue weighted by Crippen LogP contribution is -2.14. The SMILES string of the molecule is Cc1nc(NC(=O)c2ccc(Br)cc2CO)sc1C(=O)O. The van der Waals surface area contributed by atoms with Gasteiger partial charge in [0.25, 0.3) is 5.91 Å². The van der Waals surface area contributed by atoms with Gasteiger partial charge in [-0.1, -0.05) is 27.3 Å². The predicted molar refractivity (Wildman–Crippen MR) is 81.8 cm³/mol. The highest BCUT2D eigenvalue weighted by Crippen LogP contribution is 2.24. The van der Waals surface area contributed by atoms with E-state index in [0.717, 1.165) is 15.8 Å². The number of benzene rings is 1. The molecule has 1 aromatic heterocycles. The Bertz CT molecular complexity index is 714. The van der Waals surface area contributed by atoms with Crippen molar-refractivity contribution in [2.45, 2.75) is 13.5 Å². The lowest BCUT2D eigenvalue weighted by atomic mass is 10.1. The van der Waals surface area contributed by atoms with Crippen LogP contribution in [0, 0.1) is 6.92 Å². The monoisotopic (exact) mass is 370 g/mol. The third kappa shape index (κ3) is 3.46. The van der Waals surface area contributed by atoms with E-state index in [9.17, 15) is 14.7 Å². The number of aromatic nitrogens is 1. The van der Waals surface area contributed by atoms with Gasteiger partial charge in [0.15, 0.2) is 5.13 Å². The number of aliphatic hydroxyl groups is 1. The normalized spacial score (nSPS) is 10.4. The standard InChI is InChI=1S/C13H11BrN2O4S/c1-6-10(12(19)20)21-13(15-6)16-11(18)9-3-2-8(14)4-7(9)5-17/h2-4,17H,5H2,1H3,(H,19,20)(H,15,16,18). The summed E-state index contributed by atoms with van der Waals surface area (Å²) in [6.45, 7) is 1.29. The van der Waals surface area contributed by atoms with Crippen molar-refractivity contribution in [1.82, 2.24) is 4.98 Å². The number of amides is 1. The molecule has 1 aromatic carbocycles. The maximum absolute atomic E-state index is 12.2. The first-order valence-electron chi connectivity index (χ1n) is 5.83. The molecule has 3 N–H and O–H groups in total. The summed E-state index contributed by atoms with van der Waals surface area (Å²) in [5.74, 6) is -1.53. The number of carboxylic acid groups (broad SMARTS) is 1. The van der Waals surface area contributed by atoms with E-state index in [2.05, 4.69) is 26.2 Å². The smallest absolute Gasteiger partial charge is 0.347 e. The number of halogens is 1. The Labute approximate surface area is 132 Å². The highest BCUT2D eigenvalue weighted by molar-refractivity contribution is 9.10. The van der Waals surface area contributed by atoms with Crippen LogP contribution in [-0.2, 0) is 6.61 Å². The largest absolute Gasteiger partial charge is 0.477 e. The van der Waals surface area contributed by atoms with E-state index < -0.39 is 11.9 Å². The molecule has 8 heteroatoms. The van der Waals surface area contributed by atoms with Crippen molar-refractivity contribution in [3.63, 3.8) is 0 Å². The van der Waals surface area contributed by atoms with E-state index >= 15 is 0 Å². The minimum atomic E-state index is -1.08. The van der Waals surface area contributed by atoms with Crippen LogP contribution in [0.3, 0.4) is 0 Å². The number of aliphatic hydroxyl groups excluding tert-OH is 1. The lowest BCUT2D eigenvalue weighted by molar-refractivity contribution is 0.0701. The predicted octanol–water partition coefficient (Wildman–Crippen LogP) is 2.66. The fourth-order valence-electron chi connectivity index (χ4n) is 1.73. The molecule has 0 spiro atoms. The molecule has 21 heavy (non-hydrogen) atoms. The summed E-state index contributed by atoms with van der Waals surface area (Å²) in [5.41, 5.74) is 1.13. The van der Waals surface area contributed by atoms with E-state index in [4.69, 9.17) is 5.11 Å². The highest BCUT2D eigenvalue weighted by Gasteiger charge is 2.17. The number of aryl methyl sites for hydroxylation is 1. The summed E-state index contributed by atoms with van der Waals surface area (Å²) >= 11 is 4.16. The maximum Gasteiger partial charge on any atom is 0.347 e. The average Bonchev–Trinajstić information content (AvgIpc) is 2.79. The molecule has 1 heterocycles. The van der Waals surface area contributed by atoms with Crippen LogP contribution in [0.25, 0.3) is 0 Å². The van der Waals surface area contributed by atoms with Crippen molar-refractivity contribution in [2.75, 3.05) is 5.32 Å². The molecule has 2 aromatic rings. The molecule has 6 nitrogen and oxygen atoms in total. The Morgan fingerprint density at radius 1 is 1.43 bits per heavy atom. The van der Waals surface area contributed by atoms with Crippen molar-refractivity contribution in [3.05, 3.63) is 44.4 Å². The van der Waals surface area contributed by atoms with Gasteiger partial charge in [-0.25, -0.2) is 9.78 Å². The molecule has 0 atom stereocenters. The van der Waals surface area contributed by atoms with Crippen LogP contribution >= 0.6 is 27.3 Å². The topological polar surface area (TPSA) is 99.5 Å². The molecule has 110 valence electrons. The lowest BCUT2D eigenvalue weighted by Gasteiger charge is -2.07. The van der Waals surface area contributed by atoms with Gasteiger partial charge in [0.1, 0.15) is 4.88 Å². The molecule has 0 aliphatic heterocycles. The van der Waals surface area contributed by atoms with Gasteiger partial charge in [0.05, 0.1) is 12.3 Å². The molecular weight excluding hydrogens is 360 g/mol. The summed E-state index contributed by atoms with van der Waals surface area (Å²) in [4.78, 5) is 27.2. The van der Waals surface area contributed by atoms with E-state index in [0.29, 0.717) is 16.8 Å². The number of nitrogens with one attached hydrogen (secondary N) is 1. The highest BCUT2D eigenvalue weighted by atomic mass is 79.9. The number of carbonyl (C=O) groups excluding carboxylic acids is 1. The van der Waals surface area contributed by atoms with Crippen LogP contribution in [0.2, 0.25) is 0 Å². The third-order valence-corrected chi connectivity index (χ3v) is 4.25. The van der Waals surface area contributed by atoms with E-state index in [1.54, 1.807) is 25.1 Å².